The lowest BCUT2D eigenvalue weighted by molar-refractivity contribution is -0.122. The summed E-state index contributed by atoms with van der Waals surface area (Å²) in [6.07, 6.45) is 7.12. The molecule has 41 heavy (non-hydrogen) atoms. The van der Waals surface area contributed by atoms with Crippen molar-refractivity contribution in [3.63, 3.8) is 0 Å². The Balaban J connectivity index is 1.43. The SMILES string of the molecule is O=C(NCCc1cccc(F)c1)C(c1cccnc1)N(C(=O)c1ccco1)c1cccc(CSC2CCOCC2)c1. The van der Waals surface area contributed by atoms with Crippen LogP contribution in [0.1, 0.15) is 46.1 Å². The van der Waals surface area contributed by atoms with E-state index in [2.05, 4.69) is 10.3 Å². The van der Waals surface area contributed by atoms with Crippen molar-refractivity contribution in [2.24, 2.45) is 0 Å². The van der Waals surface area contributed by atoms with E-state index in [1.165, 1.54) is 23.3 Å². The summed E-state index contributed by atoms with van der Waals surface area (Å²) < 4.78 is 24.6. The summed E-state index contributed by atoms with van der Waals surface area (Å²) in [7, 11) is 0. The Kier molecular flexibility index (Phi) is 9.82. The van der Waals surface area contributed by atoms with Gasteiger partial charge in [-0.1, -0.05) is 30.3 Å². The zero-order chi connectivity index (χ0) is 28.4. The first-order chi connectivity index (χ1) is 20.1. The highest BCUT2D eigenvalue weighted by molar-refractivity contribution is 7.99. The van der Waals surface area contributed by atoms with Crippen LogP contribution in [0.3, 0.4) is 0 Å². The van der Waals surface area contributed by atoms with E-state index < -0.39 is 11.9 Å². The Labute approximate surface area is 243 Å². The Morgan fingerprint density at radius 1 is 1.02 bits per heavy atom. The molecule has 2 aromatic carbocycles. The van der Waals surface area contributed by atoms with Gasteiger partial charge >= 0.3 is 0 Å². The maximum atomic E-state index is 13.9. The molecule has 1 atom stereocenters. The second-order valence-electron chi connectivity index (χ2n) is 9.80. The van der Waals surface area contributed by atoms with Crippen LogP contribution in [0.25, 0.3) is 0 Å². The molecule has 0 bridgehead atoms. The molecule has 2 amide bonds. The Hall–Kier alpha value is -3.95. The van der Waals surface area contributed by atoms with Gasteiger partial charge in [0.05, 0.1) is 6.26 Å². The van der Waals surface area contributed by atoms with Crippen molar-refractivity contribution in [3.8, 4) is 0 Å². The molecule has 4 aromatic rings. The largest absolute Gasteiger partial charge is 0.459 e. The maximum Gasteiger partial charge on any atom is 0.294 e. The van der Waals surface area contributed by atoms with E-state index in [0.29, 0.717) is 22.9 Å². The van der Waals surface area contributed by atoms with Crippen LogP contribution >= 0.6 is 11.8 Å². The molecule has 1 saturated heterocycles. The Morgan fingerprint density at radius 2 is 1.85 bits per heavy atom. The van der Waals surface area contributed by atoms with Crippen molar-refractivity contribution in [3.05, 3.63) is 120 Å². The van der Waals surface area contributed by atoms with Gasteiger partial charge in [0.2, 0.25) is 5.91 Å². The van der Waals surface area contributed by atoms with E-state index >= 15 is 0 Å². The standard InChI is InChI=1S/C32H32FN3O4S/c33-26-8-1-5-23(19-26)11-15-35-31(37)30(25-7-3-14-34-21-25)36(32(38)29-10-4-16-40-29)27-9-2-6-24(20-27)22-41-28-12-17-39-18-13-28/h1-10,14,16,19-21,28,30H,11-13,15,17-18,22H2,(H,35,37). The number of nitrogens with one attached hydrogen (secondary N) is 1. The van der Waals surface area contributed by atoms with Crippen LogP contribution in [0.5, 0.6) is 0 Å². The fourth-order valence-corrected chi connectivity index (χ4v) is 5.96. The molecule has 0 spiro atoms. The number of pyridine rings is 1. The first-order valence-electron chi connectivity index (χ1n) is 13.7. The monoisotopic (exact) mass is 573 g/mol. The number of hydrogen-bond donors (Lipinski definition) is 1. The number of carbonyl (C=O) groups is 2. The minimum Gasteiger partial charge on any atom is -0.459 e. The van der Waals surface area contributed by atoms with E-state index in [-0.39, 0.29) is 24.0 Å². The Morgan fingerprint density at radius 3 is 2.61 bits per heavy atom. The van der Waals surface area contributed by atoms with Gasteiger partial charge in [0.15, 0.2) is 5.76 Å². The van der Waals surface area contributed by atoms with E-state index in [9.17, 15) is 14.0 Å². The number of nitrogens with zero attached hydrogens (tertiary/aromatic N) is 2. The number of halogens is 1. The molecule has 0 radical (unpaired) electrons. The molecular weight excluding hydrogens is 541 g/mol. The van der Waals surface area contributed by atoms with E-state index in [0.717, 1.165) is 42.9 Å². The minimum absolute atomic E-state index is 0.119. The number of benzene rings is 2. The van der Waals surface area contributed by atoms with Crippen molar-refractivity contribution >= 4 is 29.3 Å². The highest BCUT2D eigenvalue weighted by atomic mass is 32.2. The predicted molar refractivity (Wildman–Crippen MR) is 157 cm³/mol. The maximum absolute atomic E-state index is 13.9. The summed E-state index contributed by atoms with van der Waals surface area (Å²) in [5, 5.41) is 3.48. The average Bonchev–Trinajstić information content (AvgIpc) is 3.55. The second kappa shape index (κ2) is 14.1. The quantitative estimate of drug-likeness (QED) is 0.238. The number of hydrogen-bond acceptors (Lipinski definition) is 6. The molecule has 1 aliphatic heterocycles. The topological polar surface area (TPSA) is 84.7 Å². The second-order valence-corrected chi connectivity index (χ2v) is 11.1. The van der Waals surface area contributed by atoms with Gasteiger partial charge in [-0.15, -0.1) is 0 Å². The number of anilines is 1. The molecule has 0 saturated carbocycles. The lowest BCUT2D eigenvalue weighted by Crippen LogP contribution is -2.44. The van der Waals surface area contributed by atoms with Crippen LogP contribution in [0, 0.1) is 5.82 Å². The normalized spacial score (nSPS) is 14.4. The zero-order valence-electron chi connectivity index (χ0n) is 22.6. The summed E-state index contributed by atoms with van der Waals surface area (Å²) in [4.78, 5) is 33.5. The van der Waals surface area contributed by atoms with Crippen molar-refractivity contribution in [2.75, 3.05) is 24.7 Å². The smallest absolute Gasteiger partial charge is 0.294 e. The molecule has 3 heterocycles. The third-order valence-corrected chi connectivity index (χ3v) is 8.34. The molecule has 0 aliphatic carbocycles. The van der Waals surface area contributed by atoms with Crippen LogP contribution in [0.15, 0.2) is 95.9 Å². The lowest BCUT2D eigenvalue weighted by Gasteiger charge is -2.31. The number of thioether (sulfide) groups is 1. The van der Waals surface area contributed by atoms with Gasteiger partial charge in [0.25, 0.3) is 5.91 Å². The van der Waals surface area contributed by atoms with Crippen molar-refractivity contribution < 1.29 is 23.1 Å². The molecule has 1 aliphatic rings. The third kappa shape index (κ3) is 7.62. The molecule has 9 heteroatoms. The third-order valence-electron chi connectivity index (χ3n) is 6.90. The number of carbonyl (C=O) groups excluding carboxylic acids is 2. The highest BCUT2D eigenvalue weighted by Gasteiger charge is 2.34. The van der Waals surface area contributed by atoms with E-state index in [4.69, 9.17) is 9.15 Å². The summed E-state index contributed by atoms with van der Waals surface area (Å²) in [6, 6.07) is 19.7. The fourth-order valence-electron chi connectivity index (χ4n) is 4.83. The van der Waals surface area contributed by atoms with Gasteiger partial charge in [0.1, 0.15) is 11.9 Å². The van der Waals surface area contributed by atoms with Crippen LogP contribution in [-0.2, 0) is 21.7 Å². The molecule has 2 aromatic heterocycles. The average molecular weight is 574 g/mol. The van der Waals surface area contributed by atoms with Crippen LogP contribution in [0.2, 0.25) is 0 Å². The molecular formula is C32H32FN3O4S. The van der Waals surface area contributed by atoms with Crippen LogP contribution in [-0.4, -0.2) is 41.8 Å². The van der Waals surface area contributed by atoms with Gasteiger partial charge in [-0.3, -0.25) is 19.5 Å². The summed E-state index contributed by atoms with van der Waals surface area (Å²) in [6.45, 7) is 1.83. The molecule has 1 unspecified atom stereocenters. The van der Waals surface area contributed by atoms with Gasteiger partial charge in [-0.05, 0) is 72.9 Å². The Bertz CT molecular complexity index is 1430. The number of aromatic nitrogens is 1. The predicted octanol–water partition coefficient (Wildman–Crippen LogP) is 5.97. The summed E-state index contributed by atoms with van der Waals surface area (Å²) >= 11 is 1.88. The number of ether oxygens (including phenoxy) is 1. The highest BCUT2D eigenvalue weighted by Crippen LogP contribution is 2.32. The van der Waals surface area contributed by atoms with E-state index in [1.54, 1.807) is 42.7 Å². The summed E-state index contributed by atoms with van der Waals surface area (Å²) in [5.41, 5.74) is 2.94. The van der Waals surface area contributed by atoms with Gasteiger partial charge in [0, 0.05) is 54.4 Å². The molecule has 1 N–H and O–H groups in total. The first kappa shape index (κ1) is 28.6. The van der Waals surface area contributed by atoms with Crippen LogP contribution in [0.4, 0.5) is 10.1 Å². The first-order valence-corrected chi connectivity index (χ1v) is 14.7. The summed E-state index contributed by atoms with van der Waals surface area (Å²) in [5.74, 6) is -0.256. The number of rotatable bonds is 11. The van der Waals surface area contributed by atoms with Gasteiger partial charge in [-0.25, -0.2) is 4.39 Å². The zero-order valence-corrected chi connectivity index (χ0v) is 23.4. The molecule has 5 rings (SSSR count). The molecule has 212 valence electrons. The van der Waals surface area contributed by atoms with Gasteiger partial charge in [-0.2, -0.15) is 11.8 Å². The lowest BCUT2D eigenvalue weighted by atomic mass is 10.0. The van der Waals surface area contributed by atoms with Crippen molar-refractivity contribution in [1.29, 1.82) is 0 Å². The fraction of sp³-hybridized carbons (Fsp3) is 0.281. The number of amides is 2. The van der Waals surface area contributed by atoms with E-state index in [1.807, 2.05) is 42.1 Å². The minimum atomic E-state index is -1.02. The van der Waals surface area contributed by atoms with Crippen LogP contribution < -0.4 is 10.2 Å². The molecule has 1 fully saturated rings. The molecule has 7 nitrogen and oxygen atoms in total. The van der Waals surface area contributed by atoms with Crippen molar-refractivity contribution in [2.45, 2.75) is 36.3 Å². The van der Waals surface area contributed by atoms with Gasteiger partial charge < -0.3 is 14.5 Å². The number of furan rings is 1. The van der Waals surface area contributed by atoms with Crippen molar-refractivity contribution in [1.82, 2.24) is 10.3 Å².